The molecule has 34 heavy (non-hydrogen) atoms. The Hall–Kier alpha value is -3.08. The Morgan fingerprint density at radius 3 is 2.53 bits per heavy atom. The van der Waals surface area contributed by atoms with Crippen LogP contribution in [-0.4, -0.2) is 20.7 Å². The Morgan fingerprint density at radius 1 is 1.06 bits per heavy atom. The van der Waals surface area contributed by atoms with E-state index in [1.807, 2.05) is 0 Å². The lowest BCUT2D eigenvalue weighted by Crippen LogP contribution is -2.28. The molecule has 2 heterocycles. The number of pyridine rings is 1. The van der Waals surface area contributed by atoms with Crippen LogP contribution in [0.5, 0.6) is 0 Å². The van der Waals surface area contributed by atoms with Crippen LogP contribution in [0.25, 0.3) is 5.69 Å². The van der Waals surface area contributed by atoms with Crippen LogP contribution in [-0.2, 0) is 18.8 Å². The van der Waals surface area contributed by atoms with E-state index in [4.69, 9.17) is 11.6 Å². The zero-order valence-electron chi connectivity index (χ0n) is 17.3. The highest BCUT2D eigenvalue weighted by Gasteiger charge is 2.34. The topological polar surface area (TPSA) is 59.8 Å². The molecular formula is C22H17ClF6N4O. The molecule has 1 aliphatic carbocycles. The summed E-state index contributed by atoms with van der Waals surface area (Å²) in [6.07, 6.45) is -4.25. The van der Waals surface area contributed by atoms with Gasteiger partial charge in [-0.15, -0.1) is 0 Å². The monoisotopic (exact) mass is 502 g/mol. The van der Waals surface area contributed by atoms with Gasteiger partial charge in [0.05, 0.1) is 23.0 Å². The minimum absolute atomic E-state index is 0.144. The smallest absolute Gasteiger partial charge is 0.345 e. The lowest BCUT2D eigenvalue weighted by Gasteiger charge is -2.17. The number of nitrogens with one attached hydrogen (secondary N) is 1. The Bertz CT molecular complexity index is 1220. The fourth-order valence-electron chi connectivity index (χ4n) is 3.83. The molecule has 12 heteroatoms. The number of carbonyl (C=O) groups is 1. The number of aryl methyl sites for hydroxylation is 1. The number of hydrogen-bond acceptors (Lipinski definition) is 3. The Morgan fingerprint density at radius 2 is 1.82 bits per heavy atom. The van der Waals surface area contributed by atoms with Crippen molar-refractivity contribution in [2.75, 3.05) is 0 Å². The number of hydrogen-bond donors (Lipinski definition) is 1. The summed E-state index contributed by atoms with van der Waals surface area (Å²) in [6, 6.07) is 4.25. The summed E-state index contributed by atoms with van der Waals surface area (Å²) in [7, 11) is 0. The molecule has 0 spiro atoms. The maximum atomic E-state index is 13.1. The second-order valence-corrected chi connectivity index (χ2v) is 8.31. The summed E-state index contributed by atoms with van der Waals surface area (Å²) in [4.78, 5) is 16.1. The van der Waals surface area contributed by atoms with Crippen molar-refractivity contribution >= 4 is 17.5 Å². The first kappa shape index (κ1) is 24.1. The van der Waals surface area contributed by atoms with Crippen LogP contribution >= 0.6 is 11.6 Å². The van der Waals surface area contributed by atoms with Gasteiger partial charge in [0.1, 0.15) is 5.69 Å². The van der Waals surface area contributed by atoms with E-state index in [2.05, 4.69) is 15.4 Å². The van der Waals surface area contributed by atoms with Crippen LogP contribution in [0, 0.1) is 0 Å². The number of aromatic nitrogens is 3. The number of rotatable bonds is 3. The van der Waals surface area contributed by atoms with Gasteiger partial charge in [0.2, 0.25) is 0 Å². The van der Waals surface area contributed by atoms with Crippen molar-refractivity contribution in [2.45, 2.75) is 44.1 Å². The molecule has 0 fully saturated rings. The molecule has 0 saturated carbocycles. The molecule has 1 aliphatic rings. The maximum absolute atomic E-state index is 13.1. The molecule has 5 nitrogen and oxygen atoms in total. The van der Waals surface area contributed by atoms with Crippen molar-refractivity contribution in [1.82, 2.24) is 20.1 Å². The van der Waals surface area contributed by atoms with Gasteiger partial charge in [0.25, 0.3) is 5.91 Å². The van der Waals surface area contributed by atoms with E-state index in [0.717, 1.165) is 43.3 Å². The molecule has 3 aromatic rings. The fraction of sp³-hybridized carbons (Fsp3) is 0.318. The summed E-state index contributed by atoms with van der Waals surface area (Å²) in [5.41, 5.74) is -1.03. The van der Waals surface area contributed by atoms with E-state index in [0.29, 0.717) is 24.1 Å². The Kier molecular flexibility index (Phi) is 6.32. The number of alkyl halides is 6. The first-order valence-corrected chi connectivity index (χ1v) is 10.6. The zero-order chi connectivity index (χ0) is 24.7. The minimum atomic E-state index is -4.67. The van der Waals surface area contributed by atoms with Gasteiger partial charge in [0, 0.05) is 28.5 Å². The van der Waals surface area contributed by atoms with E-state index < -0.39 is 35.6 Å². The number of fused-ring (bicyclic) bond motifs is 1. The highest BCUT2D eigenvalue weighted by molar-refractivity contribution is 6.31. The van der Waals surface area contributed by atoms with Crippen LogP contribution < -0.4 is 5.32 Å². The molecule has 1 N–H and O–H groups in total. The molecule has 0 bridgehead atoms. The molecule has 1 amide bonds. The average Bonchev–Trinajstić information content (AvgIpc) is 3.10. The number of halogens is 7. The van der Waals surface area contributed by atoms with Crippen molar-refractivity contribution in [3.63, 3.8) is 0 Å². The maximum Gasteiger partial charge on any atom is 0.433 e. The van der Waals surface area contributed by atoms with E-state index in [1.54, 1.807) is 0 Å². The Balaban J connectivity index is 1.64. The third-order valence-electron chi connectivity index (χ3n) is 5.45. The van der Waals surface area contributed by atoms with E-state index in [-0.39, 0.29) is 16.3 Å². The van der Waals surface area contributed by atoms with E-state index in [9.17, 15) is 31.1 Å². The van der Waals surface area contributed by atoms with Crippen LogP contribution in [0.2, 0.25) is 5.02 Å². The van der Waals surface area contributed by atoms with Gasteiger partial charge < -0.3 is 5.32 Å². The molecule has 1 atom stereocenters. The van der Waals surface area contributed by atoms with E-state index >= 15 is 0 Å². The van der Waals surface area contributed by atoms with Crippen LogP contribution in [0.1, 0.15) is 58.2 Å². The predicted molar refractivity (Wildman–Crippen MR) is 111 cm³/mol. The van der Waals surface area contributed by atoms with Gasteiger partial charge in [-0.25, -0.2) is 4.68 Å². The van der Waals surface area contributed by atoms with Crippen molar-refractivity contribution < 1.29 is 31.1 Å². The van der Waals surface area contributed by atoms with Crippen LogP contribution in [0.3, 0.4) is 0 Å². The zero-order valence-corrected chi connectivity index (χ0v) is 18.1. The van der Waals surface area contributed by atoms with Gasteiger partial charge >= 0.3 is 12.4 Å². The fourth-order valence-corrected chi connectivity index (χ4v) is 4.06. The first-order valence-electron chi connectivity index (χ1n) is 10.2. The van der Waals surface area contributed by atoms with Crippen LogP contribution in [0.15, 0.2) is 42.7 Å². The SMILES string of the molecule is O=C(N[C@@H]1CCCCc2nn(-c3ccnc(C(F)(F)F)c3)cc21)c1cc(Cl)cc(C(F)(F)F)c1. The summed E-state index contributed by atoms with van der Waals surface area (Å²) in [6.45, 7) is 0. The lowest BCUT2D eigenvalue weighted by molar-refractivity contribution is -0.141. The van der Waals surface area contributed by atoms with Crippen molar-refractivity contribution in [1.29, 1.82) is 0 Å². The molecule has 2 aromatic heterocycles. The second kappa shape index (κ2) is 8.94. The molecule has 0 unspecified atom stereocenters. The Labute approximate surface area is 194 Å². The normalized spacial score (nSPS) is 16.6. The first-order chi connectivity index (χ1) is 15.9. The molecule has 180 valence electrons. The van der Waals surface area contributed by atoms with Gasteiger partial charge in [-0.3, -0.25) is 9.78 Å². The van der Waals surface area contributed by atoms with Crippen molar-refractivity contribution in [3.05, 3.63) is 75.8 Å². The van der Waals surface area contributed by atoms with Gasteiger partial charge in [-0.1, -0.05) is 18.0 Å². The standard InChI is InChI=1S/C22H17ClF6N4O/c23-14-8-12(7-13(9-14)21(24,25)26)20(34)31-17-3-1-2-4-18-16(17)11-33(32-18)15-5-6-30-19(10-15)22(27,28)29/h5-11,17H,1-4H2,(H,31,34)/t17-/m1/s1. The van der Waals surface area contributed by atoms with Crippen molar-refractivity contribution in [2.24, 2.45) is 0 Å². The highest BCUT2D eigenvalue weighted by Crippen LogP contribution is 2.34. The number of carbonyl (C=O) groups excluding carboxylic acids is 1. The summed E-state index contributed by atoms with van der Waals surface area (Å²) >= 11 is 5.79. The lowest BCUT2D eigenvalue weighted by atomic mass is 10.0. The van der Waals surface area contributed by atoms with Gasteiger partial charge in [0.15, 0.2) is 0 Å². The summed E-state index contributed by atoms with van der Waals surface area (Å²) < 4.78 is 79.7. The number of benzene rings is 1. The summed E-state index contributed by atoms with van der Waals surface area (Å²) in [5.74, 6) is -0.748. The van der Waals surface area contributed by atoms with Gasteiger partial charge in [-0.05, 0) is 49.6 Å². The van der Waals surface area contributed by atoms with Crippen LogP contribution in [0.4, 0.5) is 26.3 Å². The molecule has 4 rings (SSSR count). The molecule has 0 radical (unpaired) electrons. The van der Waals surface area contributed by atoms with E-state index in [1.165, 1.54) is 16.9 Å². The number of amides is 1. The molecule has 0 aliphatic heterocycles. The second-order valence-electron chi connectivity index (χ2n) is 7.87. The molecular weight excluding hydrogens is 486 g/mol. The van der Waals surface area contributed by atoms with Crippen molar-refractivity contribution in [3.8, 4) is 5.69 Å². The predicted octanol–water partition coefficient (Wildman–Crippen LogP) is 6.16. The largest absolute Gasteiger partial charge is 0.433 e. The highest BCUT2D eigenvalue weighted by atomic mass is 35.5. The molecule has 1 aromatic carbocycles. The summed E-state index contributed by atoms with van der Waals surface area (Å²) in [5, 5.41) is 6.89. The average molecular weight is 503 g/mol. The number of nitrogens with zero attached hydrogens (tertiary/aromatic N) is 3. The van der Waals surface area contributed by atoms with Gasteiger partial charge in [-0.2, -0.15) is 31.4 Å². The molecule has 0 saturated heterocycles. The minimum Gasteiger partial charge on any atom is -0.345 e. The third-order valence-corrected chi connectivity index (χ3v) is 5.66. The quantitative estimate of drug-likeness (QED) is 0.345. The third kappa shape index (κ3) is 5.19.